The molecule has 0 amide bonds. The Morgan fingerprint density at radius 2 is 1.47 bits per heavy atom. The first-order valence-electron chi connectivity index (χ1n) is 9.70. The first kappa shape index (κ1) is 23.7. The van der Waals surface area contributed by atoms with Crippen molar-refractivity contribution >= 4 is 18.1 Å². The lowest BCUT2D eigenvalue weighted by Gasteiger charge is -2.22. The summed E-state index contributed by atoms with van der Waals surface area (Å²) in [4.78, 5) is 4.79. The second kappa shape index (κ2) is 10.4. The van der Waals surface area contributed by atoms with Crippen LogP contribution in [0.4, 0.5) is 0 Å². The molecule has 2 aromatic carbocycles. The highest BCUT2D eigenvalue weighted by Gasteiger charge is 2.21. The Balaban J connectivity index is 0.00000320. The summed E-state index contributed by atoms with van der Waals surface area (Å²) in [5.41, 5.74) is 4.36. The fourth-order valence-electron chi connectivity index (χ4n) is 3.56. The van der Waals surface area contributed by atoms with Crippen LogP contribution in [0.25, 0.3) is 0 Å². The van der Waals surface area contributed by atoms with Crippen LogP contribution in [0.3, 0.4) is 0 Å². The lowest BCUT2D eigenvalue weighted by Crippen LogP contribution is -2.17. The number of rotatable bonds is 8. The molecule has 0 atom stereocenters. The zero-order valence-electron chi connectivity index (χ0n) is 18.4. The normalized spacial score (nSPS) is 12.4. The maximum atomic E-state index is 5.93. The second-order valence-corrected chi connectivity index (χ2v) is 7.12. The lowest BCUT2D eigenvalue weighted by atomic mass is 9.93. The number of benzene rings is 2. The van der Waals surface area contributed by atoms with E-state index in [-0.39, 0.29) is 18.5 Å². The van der Waals surface area contributed by atoms with Gasteiger partial charge in [0.15, 0.2) is 23.0 Å². The molecule has 30 heavy (non-hydrogen) atoms. The van der Waals surface area contributed by atoms with Gasteiger partial charge in [-0.1, -0.05) is 0 Å². The summed E-state index contributed by atoms with van der Waals surface area (Å²) in [6, 6.07) is 8.04. The topological polar surface area (TPSA) is 58.5 Å². The van der Waals surface area contributed by atoms with Gasteiger partial charge in [-0.05, 0) is 55.7 Å². The summed E-state index contributed by atoms with van der Waals surface area (Å²) >= 11 is 0. The summed E-state index contributed by atoms with van der Waals surface area (Å²) in [5.74, 6) is 3.35. The molecule has 0 aliphatic carbocycles. The lowest BCUT2D eigenvalue weighted by molar-refractivity contribution is 0.230. The molecule has 0 saturated heterocycles. The van der Waals surface area contributed by atoms with E-state index in [0.717, 1.165) is 41.3 Å². The van der Waals surface area contributed by atoms with Gasteiger partial charge in [0, 0.05) is 24.2 Å². The molecule has 0 unspecified atom stereocenters. The van der Waals surface area contributed by atoms with Crippen molar-refractivity contribution < 1.29 is 23.7 Å². The summed E-state index contributed by atoms with van der Waals surface area (Å²) in [7, 11) is 6.50. The van der Waals surface area contributed by atoms with Gasteiger partial charge in [0.05, 0.1) is 34.5 Å². The molecule has 0 aromatic heterocycles. The average Bonchev–Trinajstić information content (AvgIpc) is 2.72. The van der Waals surface area contributed by atoms with Crippen molar-refractivity contribution in [2.75, 3.05) is 35.0 Å². The molecule has 0 fully saturated rings. The first-order chi connectivity index (χ1) is 14.0. The number of hydrogen-bond acceptors (Lipinski definition) is 6. The SMILES string of the molecule is COc1cc2c(cc1OC(C)C)CCN=C2Cc1cc(OC)c(OC)c(OC)c1.Cl. The maximum absolute atomic E-state index is 5.93. The maximum Gasteiger partial charge on any atom is 0.203 e. The molecule has 2 aromatic rings. The number of fused-ring (bicyclic) bond motifs is 1. The van der Waals surface area contributed by atoms with Crippen LogP contribution >= 0.6 is 12.4 Å². The summed E-state index contributed by atoms with van der Waals surface area (Å²) in [5, 5.41) is 0. The Morgan fingerprint density at radius 1 is 0.833 bits per heavy atom. The molecule has 1 aliphatic rings. The van der Waals surface area contributed by atoms with Crippen LogP contribution in [0.5, 0.6) is 28.7 Å². The van der Waals surface area contributed by atoms with Gasteiger partial charge in [0.2, 0.25) is 5.75 Å². The predicted molar refractivity (Wildman–Crippen MR) is 121 cm³/mol. The molecule has 7 heteroatoms. The monoisotopic (exact) mass is 435 g/mol. The number of ether oxygens (including phenoxy) is 5. The van der Waals surface area contributed by atoms with E-state index in [1.807, 2.05) is 32.0 Å². The summed E-state index contributed by atoms with van der Waals surface area (Å²) < 4.78 is 27.9. The molecule has 6 nitrogen and oxygen atoms in total. The highest BCUT2D eigenvalue weighted by Crippen LogP contribution is 2.39. The minimum atomic E-state index is 0. The predicted octanol–water partition coefficient (Wildman–Crippen LogP) is 4.52. The van der Waals surface area contributed by atoms with Crippen LogP contribution in [0.1, 0.15) is 30.5 Å². The molecular weight excluding hydrogens is 406 g/mol. The van der Waals surface area contributed by atoms with Crippen LogP contribution in [0.15, 0.2) is 29.3 Å². The van der Waals surface area contributed by atoms with E-state index < -0.39 is 0 Å². The molecule has 1 aliphatic heterocycles. The number of hydrogen-bond donors (Lipinski definition) is 0. The number of halogens is 1. The summed E-state index contributed by atoms with van der Waals surface area (Å²) in [6.45, 7) is 4.77. The summed E-state index contributed by atoms with van der Waals surface area (Å²) in [6.07, 6.45) is 1.61. The fourth-order valence-corrected chi connectivity index (χ4v) is 3.56. The zero-order valence-corrected chi connectivity index (χ0v) is 19.2. The molecule has 164 valence electrons. The first-order valence-corrected chi connectivity index (χ1v) is 9.70. The Hall–Kier alpha value is -2.60. The van der Waals surface area contributed by atoms with Crippen molar-refractivity contribution in [1.82, 2.24) is 0 Å². The van der Waals surface area contributed by atoms with Crippen LogP contribution in [0.2, 0.25) is 0 Å². The van der Waals surface area contributed by atoms with Gasteiger partial charge in [-0.3, -0.25) is 4.99 Å². The second-order valence-electron chi connectivity index (χ2n) is 7.12. The Bertz CT molecular complexity index is 886. The van der Waals surface area contributed by atoms with Crippen LogP contribution in [0, 0.1) is 0 Å². The van der Waals surface area contributed by atoms with Crippen LogP contribution in [-0.4, -0.2) is 46.8 Å². The largest absolute Gasteiger partial charge is 0.493 e. The van der Waals surface area contributed by atoms with Crippen molar-refractivity contribution in [1.29, 1.82) is 0 Å². The van der Waals surface area contributed by atoms with E-state index in [1.165, 1.54) is 5.56 Å². The number of aliphatic imine (C=N–C) groups is 1. The molecule has 0 bridgehead atoms. The zero-order chi connectivity index (χ0) is 21.0. The van der Waals surface area contributed by atoms with Crippen molar-refractivity contribution in [2.45, 2.75) is 32.8 Å². The molecule has 0 N–H and O–H groups in total. The van der Waals surface area contributed by atoms with Crippen LogP contribution in [-0.2, 0) is 12.8 Å². The number of methoxy groups -OCH3 is 4. The molecule has 3 rings (SSSR count). The van der Waals surface area contributed by atoms with E-state index in [2.05, 4.69) is 6.07 Å². The van der Waals surface area contributed by atoms with Crippen LogP contribution < -0.4 is 23.7 Å². The standard InChI is InChI=1S/C23H29NO5.ClH/c1-14(2)29-20-12-16-7-8-24-18(17(16)13-19(20)25-3)9-15-10-21(26-4)23(28-6)22(11-15)27-5;/h10-14H,7-9H2,1-6H3;1H. The molecule has 0 saturated carbocycles. The van der Waals surface area contributed by atoms with Gasteiger partial charge in [-0.15, -0.1) is 12.4 Å². The van der Waals surface area contributed by atoms with Crippen molar-refractivity contribution in [3.05, 3.63) is 41.0 Å². The quantitative estimate of drug-likeness (QED) is 0.610. The Labute approximate surface area is 184 Å². The van der Waals surface area contributed by atoms with E-state index in [9.17, 15) is 0 Å². The van der Waals surface area contributed by atoms with Gasteiger partial charge in [-0.25, -0.2) is 0 Å². The minimum absolute atomic E-state index is 0. The fraction of sp³-hybridized carbons (Fsp3) is 0.435. The third-order valence-corrected chi connectivity index (χ3v) is 4.84. The van der Waals surface area contributed by atoms with Crippen molar-refractivity contribution in [2.24, 2.45) is 4.99 Å². The highest BCUT2D eigenvalue weighted by atomic mass is 35.5. The van der Waals surface area contributed by atoms with Gasteiger partial charge in [0.1, 0.15) is 0 Å². The van der Waals surface area contributed by atoms with Crippen molar-refractivity contribution in [3.8, 4) is 28.7 Å². The molecule has 0 radical (unpaired) electrons. The van der Waals surface area contributed by atoms with E-state index >= 15 is 0 Å². The van der Waals surface area contributed by atoms with E-state index in [4.69, 9.17) is 28.7 Å². The smallest absolute Gasteiger partial charge is 0.203 e. The molecular formula is C23H30ClNO5. The van der Waals surface area contributed by atoms with Gasteiger partial charge < -0.3 is 23.7 Å². The highest BCUT2D eigenvalue weighted by molar-refractivity contribution is 6.04. The Morgan fingerprint density at radius 3 is 2.00 bits per heavy atom. The number of nitrogens with zero attached hydrogens (tertiary/aromatic N) is 1. The van der Waals surface area contributed by atoms with Gasteiger partial charge in [0.25, 0.3) is 0 Å². The third-order valence-electron chi connectivity index (χ3n) is 4.84. The van der Waals surface area contributed by atoms with E-state index in [1.54, 1.807) is 28.4 Å². The molecule has 1 heterocycles. The van der Waals surface area contributed by atoms with Gasteiger partial charge in [-0.2, -0.15) is 0 Å². The molecule has 0 spiro atoms. The minimum Gasteiger partial charge on any atom is -0.493 e. The van der Waals surface area contributed by atoms with E-state index in [0.29, 0.717) is 23.7 Å². The van der Waals surface area contributed by atoms with Crippen molar-refractivity contribution in [3.63, 3.8) is 0 Å². The van der Waals surface area contributed by atoms with Gasteiger partial charge >= 0.3 is 0 Å². The Kier molecular flexibility index (Phi) is 8.24. The average molecular weight is 436 g/mol. The third kappa shape index (κ3) is 4.93.